The van der Waals surface area contributed by atoms with E-state index in [0.29, 0.717) is 0 Å². The van der Waals surface area contributed by atoms with Gasteiger partial charge < -0.3 is 10.2 Å². The van der Waals surface area contributed by atoms with Gasteiger partial charge in [0, 0.05) is 12.5 Å². The molecule has 0 aromatic rings. The highest BCUT2D eigenvalue weighted by molar-refractivity contribution is 5.12. The van der Waals surface area contributed by atoms with E-state index >= 15 is 0 Å². The Morgan fingerprint density at radius 2 is 1.44 bits per heavy atom. The van der Waals surface area contributed by atoms with Gasteiger partial charge in [0.15, 0.2) is 0 Å². The molecule has 0 bridgehead atoms. The summed E-state index contributed by atoms with van der Waals surface area (Å²) in [6.07, 6.45) is -6.69. The largest absolute Gasteiger partial charge is 0.428 e. The predicted molar refractivity (Wildman–Crippen MR) is 40.6 cm³/mol. The van der Waals surface area contributed by atoms with Crippen LogP contribution in [0.5, 0.6) is 0 Å². The molecule has 2 nitrogen and oxygen atoms in total. The number of aliphatic hydroxyl groups is 2. The Hall–Kier alpha value is -0.500. The van der Waals surface area contributed by atoms with Gasteiger partial charge in [-0.05, 0) is 6.42 Å². The Kier molecular flexibility index (Phi) is 3.19. The standard InChI is InChI=1S/C8H10F6O2/c9-6(8(12,13)14)4(2-15)1-5(3-16)7(6,10)11/h4-5,15-16H,1-3H2/t4-,5-,6-/m0/s1. The van der Waals surface area contributed by atoms with Crippen molar-refractivity contribution >= 4 is 0 Å². The van der Waals surface area contributed by atoms with Crippen LogP contribution < -0.4 is 0 Å². The van der Waals surface area contributed by atoms with E-state index in [0.717, 1.165) is 0 Å². The van der Waals surface area contributed by atoms with Crippen molar-refractivity contribution in [1.82, 2.24) is 0 Å². The summed E-state index contributed by atoms with van der Waals surface area (Å²) in [5, 5.41) is 17.1. The Balaban J connectivity index is 3.22. The SMILES string of the molecule is OC[C@@H]1C[C@@H](CO)[C@@](F)(C(F)(F)F)C1(F)F. The lowest BCUT2D eigenvalue weighted by Gasteiger charge is -2.34. The Morgan fingerprint density at radius 1 is 1.00 bits per heavy atom. The van der Waals surface area contributed by atoms with Crippen LogP contribution in [0.2, 0.25) is 0 Å². The van der Waals surface area contributed by atoms with Crippen molar-refractivity contribution in [3.8, 4) is 0 Å². The number of alkyl halides is 6. The third-order valence-corrected chi connectivity index (χ3v) is 2.98. The summed E-state index contributed by atoms with van der Waals surface area (Å²) in [6.45, 7) is -2.60. The minimum absolute atomic E-state index is 0.907. The number of halogens is 6. The van der Waals surface area contributed by atoms with Crippen LogP contribution in [0.3, 0.4) is 0 Å². The van der Waals surface area contributed by atoms with Crippen LogP contribution in [-0.2, 0) is 0 Å². The maximum absolute atomic E-state index is 13.6. The van der Waals surface area contributed by atoms with Crippen molar-refractivity contribution < 1.29 is 36.6 Å². The van der Waals surface area contributed by atoms with Crippen LogP contribution >= 0.6 is 0 Å². The number of hydrogen-bond acceptors (Lipinski definition) is 2. The highest BCUT2D eigenvalue weighted by Gasteiger charge is 2.80. The first kappa shape index (κ1) is 13.6. The molecule has 0 amide bonds. The van der Waals surface area contributed by atoms with Gasteiger partial charge in [-0.1, -0.05) is 0 Å². The normalized spacial score (nSPS) is 39.0. The first-order chi connectivity index (χ1) is 7.12. The molecule has 0 unspecified atom stereocenters. The molecule has 1 fully saturated rings. The smallest absolute Gasteiger partial charge is 0.396 e. The maximum Gasteiger partial charge on any atom is 0.428 e. The van der Waals surface area contributed by atoms with Crippen molar-refractivity contribution in [1.29, 1.82) is 0 Å². The summed E-state index contributed by atoms with van der Waals surface area (Å²) < 4.78 is 77.0. The fourth-order valence-corrected chi connectivity index (χ4v) is 2.03. The number of aliphatic hydroxyl groups excluding tert-OH is 2. The number of rotatable bonds is 2. The van der Waals surface area contributed by atoms with E-state index in [1.165, 1.54) is 0 Å². The van der Waals surface area contributed by atoms with Gasteiger partial charge in [-0.25, -0.2) is 13.2 Å². The van der Waals surface area contributed by atoms with E-state index in [1.807, 2.05) is 0 Å². The van der Waals surface area contributed by atoms with E-state index in [4.69, 9.17) is 10.2 Å². The van der Waals surface area contributed by atoms with Crippen LogP contribution in [0, 0.1) is 11.8 Å². The molecular formula is C8H10F6O2. The average molecular weight is 252 g/mol. The van der Waals surface area contributed by atoms with Crippen molar-refractivity contribution in [3.63, 3.8) is 0 Å². The first-order valence-corrected chi connectivity index (χ1v) is 4.48. The van der Waals surface area contributed by atoms with Crippen LogP contribution in [0.15, 0.2) is 0 Å². The van der Waals surface area contributed by atoms with Gasteiger partial charge in [0.25, 0.3) is 11.6 Å². The monoisotopic (exact) mass is 252 g/mol. The van der Waals surface area contributed by atoms with Crippen LogP contribution in [-0.4, -0.2) is 41.2 Å². The summed E-state index contributed by atoms with van der Waals surface area (Å²) in [5.74, 6) is -9.11. The molecule has 16 heavy (non-hydrogen) atoms. The van der Waals surface area contributed by atoms with E-state index in [9.17, 15) is 26.3 Å². The van der Waals surface area contributed by atoms with Gasteiger partial charge in [-0.3, -0.25) is 0 Å². The lowest BCUT2D eigenvalue weighted by atomic mass is 9.90. The minimum Gasteiger partial charge on any atom is -0.396 e. The van der Waals surface area contributed by atoms with E-state index in [1.54, 1.807) is 0 Å². The Bertz CT molecular complexity index is 266. The molecule has 0 saturated heterocycles. The van der Waals surface area contributed by atoms with Crippen LogP contribution in [0.25, 0.3) is 0 Å². The molecule has 0 aromatic carbocycles. The molecule has 0 spiro atoms. The molecule has 3 atom stereocenters. The third-order valence-electron chi connectivity index (χ3n) is 2.98. The zero-order valence-corrected chi connectivity index (χ0v) is 7.94. The van der Waals surface area contributed by atoms with E-state index in [2.05, 4.69) is 0 Å². The Morgan fingerprint density at radius 3 is 1.69 bits per heavy atom. The van der Waals surface area contributed by atoms with Crippen LogP contribution in [0.1, 0.15) is 6.42 Å². The van der Waals surface area contributed by atoms with Gasteiger partial charge in [-0.2, -0.15) is 13.2 Å². The topological polar surface area (TPSA) is 40.5 Å². The lowest BCUT2D eigenvalue weighted by molar-refractivity contribution is -0.312. The summed E-state index contributed by atoms with van der Waals surface area (Å²) in [5.41, 5.74) is -4.78. The molecule has 0 aromatic heterocycles. The van der Waals surface area contributed by atoms with Crippen molar-refractivity contribution in [3.05, 3.63) is 0 Å². The summed E-state index contributed by atoms with van der Waals surface area (Å²) in [4.78, 5) is 0. The van der Waals surface area contributed by atoms with Gasteiger partial charge in [0.1, 0.15) is 0 Å². The second-order valence-electron chi connectivity index (χ2n) is 3.83. The molecule has 1 rings (SSSR count). The first-order valence-electron chi connectivity index (χ1n) is 4.48. The molecule has 96 valence electrons. The van der Waals surface area contributed by atoms with Gasteiger partial charge in [0.2, 0.25) is 0 Å². The van der Waals surface area contributed by atoms with Gasteiger partial charge in [0.05, 0.1) is 12.5 Å². The van der Waals surface area contributed by atoms with E-state index < -0.39 is 49.2 Å². The molecule has 0 radical (unpaired) electrons. The van der Waals surface area contributed by atoms with Gasteiger partial charge >= 0.3 is 6.18 Å². The average Bonchev–Trinajstić information content (AvgIpc) is 2.35. The molecule has 1 aliphatic carbocycles. The molecule has 1 aliphatic rings. The van der Waals surface area contributed by atoms with Crippen LogP contribution in [0.4, 0.5) is 26.3 Å². The fourth-order valence-electron chi connectivity index (χ4n) is 2.03. The molecule has 8 heteroatoms. The Labute approximate surface area is 86.9 Å². The second kappa shape index (κ2) is 3.76. The fraction of sp³-hybridized carbons (Fsp3) is 1.00. The molecule has 2 N–H and O–H groups in total. The minimum atomic E-state index is -5.78. The second-order valence-corrected chi connectivity index (χ2v) is 3.83. The van der Waals surface area contributed by atoms with Crippen molar-refractivity contribution in [2.45, 2.75) is 24.2 Å². The summed E-state index contributed by atoms with van der Waals surface area (Å²) in [6, 6.07) is 0. The molecule has 0 aliphatic heterocycles. The highest BCUT2D eigenvalue weighted by Crippen LogP contribution is 2.60. The number of hydrogen-bond donors (Lipinski definition) is 2. The molecule has 0 heterocycles. The zero-order valence-electron chi connectivity index (χ0n) is 7.94. The predicted octanol–water partition coefficient (Wildman–Crippen LogP) is 1.51. The summed E-state index contributed by atoms with van der Waals surface area (Å²) in [7, 11) is 0. The highest BCUT2D eigenvalue weighted by atomic mass is 19.4. The van der Waals surface area contributed by atoms with Crippen molar-refractivity contribution in [2.24, 2.45) is 11.8 Å². The molecular weight excluding hydrogens is 242 g/mol. The third kappa shape index (κ3) is 1.50. The maximum atomic E-state index is 13.6. The lowest BCUT2D eigenvalue weighted by Crippen LogP contribution is -2.58. The van der Waals surface area contributed by atoms with Gasteiger partial charge in [-0.15, -0.1) is 0 Å². The summed E-state index contributed by atoms with van der Waals surface area (Å²) >= 11 is 0. The van der Waals surface area contributed by atoms with E-state index in [-0.39, 0.29) is 0 Å². The quantitative estimate of drug-likeness (QED) is 0.731. The molecule has 1 saturated carbocycles. The zero-order chi connectivity index (χ0) is 12.8. The van der Waals surface area contributed by atoms with Crippen molar-refractivity contribution in [2.75, 3.05) is 13.2 Å².